The Morgan fingerprint density at radius 3 is 2.80 bits per heavy atom. The lowest BCUT2D eigenvalue weighted by Crippen LogP contribution is -2.19. The highest BCUT2D eigenvalue weighted by Crippen LogP contribution is 2.30. The van der Waals surface area contributed by atoms with Gasteiger partial charge in [-0.25, -0.2) is 4.98 Å². The molecule has 1 N–H and O–H groups in total. The third kappa shape index (κ3) is 3.38. The predicted molar refractivity (Wildman–Crippen MR) is 88.1 cm³/mol. The quantitative estimate of drug-likeness (QED) is 0.860. The molecule has 108 valence electrons. The normalized spacial score (nSPS) is 12.4. The monoisotopic (exact) mass is 289 g/mol. The van der Waals surface area contributed by atoms with E-state index in [0.29, 0.717) is 6.04 Å². The molecule has 1 aromatic carbocycles. The Labute approximate surface area is 125 Å². The summed E-state index contributed by atoms with van der Waals surface area (Å²) in [6.45, 7) is 7.51. The maximum Gasteiger partial charge on any atom is 0.189 e. The van der Waals surface area contributed by atoms with E-state index in [4.69, 9.17) is 4.98 Å². The molecule has 4 heteroatoms. The van der Waals surface area contributed by atoms with Gasteiger partial charge in [0.15, 0.2) is 5.13 Å². The van der Waals surface area contributed by atoms with Crippen LogP contribution >= 0.6 is 11.3 Å². The van der Waals surface area contributed by atoms with Crippen LogP contribution in [0.1, 0.15) is 37.6 Å². The third-order valence-corrected chi connectivity index (χ3v) is 4.35. The zero-order chi connectivity index (χ0) is 14.5. The van der Waals surface area contributed by atoms with Crippen molar-refractivity contribution in [3.63, 3.8) is 0 Å². The molecule has 0 aliphatic heterocycles. The molecule has 1 aromatic heterocycles. The summed E-state index contributed by atoms with van der Waals surface area (Å²) in [5.74, 6) is 0. The minimum atomic E-state index is 0.310. The molecular weight excluding hydrogens is 266 g/mol. The summed E-state index contributed by atoms with van der Waals surface area (Å²) in [6.07, 6.45) is 1.14. The van der Waals surface area contributed by atoms with Crippen molar-refractivity contribution in [1.29, 1.82) is 0 Å². The van der Waals surface area contributed by atoms with Crippen LogP contribution in [-0.4, -0.2) is 18.6 Å². The average molecular weight is 289 g/mol. The van der Waals surface area contributed by atoms with Gasteiger partial charge in [-0.3, -0.25) is 0 Å². The van der Waals surface area contributed by atoms with E-state index in [1.807, 2.05) is 0 Å². The Hall–Kier alpha value is -1.39. The lowest BCUT2D eigenvalue weighted by atomic mass is 10.2. The first kappa shape index (κ1) is 15.0. The number of nitrogens with zero attached hydrogens (tertiary/aromatic N) is 2. The summed E-state index contributed by atoms with van der Waals surface area (Å²) in [5, 5.41) is 6.67. The number of thiazole rings is 1. The van der Waals surface area contributed by atoms with Crippen molar-refractivity contribution in [2.45, 2.75) is 33.2 Å². The topological polar surface area (TPSA) is 28.2 Å². The van der Waals surface area contributed by atoms with Crippen molar-refractivity contribution >= 4 is 22.2 Å². The van der Waals surface area contributed by atoms with Crippen molar-refractivity contribution in [1.82, 2.24) is 10.3 Å². The van der Waals surface area contributed by atoms with Crippen LogP contribution in [0.5, 0.6) is 0 Å². The van der Waals surface area contributed by atoms with Crippen LogP contribution in [-0.2, 0) is 0 Å². The van der Waals surface area contributed by atoms with Gasteiger partial charge in [-0.15, -0.1) is 11.3 Å². The van der Waals surface area contributed by atoms with Crippen LogP contribution in [0.15, 0.2) is 29.6 Å². The number of para-hydroxylation sites is 1. The number of benzene rings is 1. The van der Waals surface area contributed by atoms with E-state index in [-0.39, 0.29) is 0 Å². The number of aromatic nitrogens is 1. The molecule has 20 heavy (non-hydrogen) atoms. The summed E-state index contributed by atoms with van der Waals surface area (Å²) >= 11 is 1.70. The number of rotatable bonds is 6. The molecular formula is C16H23N3S. The molecule has 0 fully saturated rings. The molecule has 0 saturated carbocycles. The molecule has 0 saturated heterocycles. The standard InChI is InChI=1S/C16H23N3S/c1-5-10-17-13(3)14-11-20-16(18-14)19(4)15-9-7-6-8-12(15)2/h6-9,11,13,17H,5,10H2,1-4H3. The average Bonchev–Trinajstić information content (AvgIpc) is 2.94. The fourth-order valence-corrected chi connectivity index (χ4v) is 3.03. The molecule has 1 unspecified atom stereocenters. The highest BCUT2D eigenvalue weighted by Gasteiger charge is 2.13. The van der Waals surface area contributed by atoms with Crippen LogP contribution in [0.4, 0.5) is 10.8 Å². The molecule has 0 radical (unpaired) electrons. The lowest BCUT2D eigenvalue weighted by molar-refractivity contribution is 0.561. The lowest BCUT2D eigenvalue weighted by Gasteiger charge is -2.18. The number of anilines is 2. The number of hydrogen-bond donors (Lipinski definition) is 1. The van der Waals surface area contributed by atoms with Crippen LogP contribution in [0, 0.1) is 6.92 Å². The Balaban J connectivity index is 2.14. The SMILES string of the molecule is CCCNC(C)c1csc(N(C)c2ccccc2C)n1. The number of hydrogen-bond acceptors (Lipinski definition) is 4. The van der Waals surface area contributed by atoms with Gasteiger partial charge in [0.1, 0.15) is 0 Å². The summed E-state index contributed by atoms with van der Waals surface area (Å²) in [6, 6.07) is 8.71. The van der Waals surface area contributed by atoms with E-state index >= 15 is 0 Å². The smallest absolute Gasteiger partial charge is 0.189 e. The minimum Gasteiger partial charge on any atom is -0.321 e. The van der Waals surface area contributed by atoms with Gasteiger partial charge in [0, 0.05) is 24.2 Å². The highest BCUT2D eigenvalue weighted by atomic mass is 32.1. The second kappa shape index (κ2) is 6.86. The zero-order valence-corrected chi connectivity index (χ0v) is 13.5. The Morgan fingerprint density at radius 2 is 2.10 bits per heavy atom. The second-order valence-corrected chi connectivity index (χ2v) is 5.91. The number of nitrogens with one attached hydrogen (secondary N) is 1. The van der Waals surface area contributed by atoms with Gasteiger partial charge in [-0.2, -0.15) is 0 Å². The Bertz CT molecular complexity index is 550. The van der Waals surface area contributed by atoms with E-state index in [1.54, 1.807) is 11.3 Å². The van der Waals surface area contributed by atoms with Crippen molar-refractivity contribution in [2.24, 2.45) is 0 Å². The minimum absolute atomic E-state index is 0.310. The summed E-state index contributed by atoms with van der Waals surface area (Å²) < 4.78 is 0. The molecule has 0 amide bonds. The van der Waals surface area contributed by atoms with Crippen LogP contribution in [0.2, 0.25) is 0 Å². The largest absolute Gasteiger partial charge is 0.321 e. The molecule has 0 spiro atoms. The second-order valence-electron chi connectivity index (χ2n) is 5.08. The van der Waals surface area contributed by atoms with E-state index < -0.39 is 0 Å². The first-order valence-electron chi connectivity index (χ1n) is 7.11. The summed E-state index contributed by atoms with van der Waals surface area (Å²) in [5.41, 5.74) is 3.60. The number of aryl methyl sites for hydroxylation is 1. The molecule has 0 aliphatic rings. The van der Waals surface area contributed by atoms with E-state index in [1.165, 1.54) is 11.3 Å². The fraction of sp³-hybridized carbons (Fsp3) is 0.438. The van der Waals surface area contributed by atoms with Gasteiger partial charge in [0.25, 0.3) is 0 Å². The highest BCUT2D eigenvalue weighted by molar-refractivity contribution is 7.13. The van der Waals surface area contributed by atoms with E-state index in [2.05, 4.69) is 67.7 Å². The maximum atomic E-state index is 4.76. The predicted octanol–water partition coefficient (Wildman–Crippen LogP) is 4.28. The van der Waals surface area contributed by atoms with Gasteiger partial charge in [0.2, 0.25) is 0 Å². The van der Waals surface area contributed by atoms with Gasteiger partial charge in [-0.05, 0) is 38.4 Å². The fourth-order valence-electron chi connectivity index (χ4n) is 2.14. The molecule has 1 atom stereocenters. The molecule has 3 nitrogen and oxygen atoms in total. The van der Waals surface area contributed by atoms with Gasteiger partial charge < -0.3 is 10.2 Å². The van der Waals surface area contributed by atoms with Crippen molar-refractivity contribution in [3.8, 4) is 0 Å². The molecule has 1 heterocycles. The Morgan fingerprint density at radius 1 is 1.35 bits per heavy atom. The first-order chi connectivity index (χ1) is 9.63. The maximum absolute atomic E-state index is 4.76. The van der Waals surface area contributed by atoms with Gasteiger partial charge >= 0.3 is 0 Å². The third-order valence-electron chi connectivity index (χ3n) is 3.42. The van der Waals surface area contributed by atoms with Gasteiger partial charge in [-0.1, -0.05) is 25.1 Å². The van der Waals surface area contributed by atoms with Crippen LogP contribution in [0.3, 0.4) is 0 Å². The van der Waals surface area contributed by atoms with Crippen LogP contribution in [0.25, 0.3) is 0 Å². The van der Waals surface area contributed by atoms with E-state index in [0.717, 1.165) is 23.8 Å². The summed E-state index contributed by atoms with van der Waals surface area (Å²) in [7, 11) is 2.08. The van der Waals surface area contributed by atoms with Crippen molar-refractivity contribution < 1.29 is 0 Å². The molecule has 0 bridgehead atoms. The van der Waals surface area contributed by atoms with Crippen molar-refractivity contribution in [2.75, 3.05) is 18.5 Å². The van der Waals surface area contributed by atoms with Crippen molar-refractivity contribution in [3.05, 3.63) is 40.9 Å². The zero-order valence-electron chi connectivity index (χ0n) is 12.7. The first-order valence-corrected chi connectivity index (χ1v) is 7.99. The molecule has 2 rings (SSSR count). The Kier molecular flexibility index (Phi) is 5.15. The molecule has 0 aliphatic carbocycles. The van der Waals surface area contributed by atoms with Crippen LogP contribution < -0.4 is 10.2 Å². The molecule has 2 aromatic rings. The van der Waals surface area contributed by atoms with E-state index in [9.17, 15) is 0 Å². The summed E-state index contributed by atoms with van der Waals surface area (Å²) in [4.78, 5) is 6.93. The van der Waals surface area contributed by atoms with Gasteiger partial charge in [0.05, 0.1) is 5.69 Å².